The number of hydrogen-bond acceptors (Lipinski definition) is 5. The molecule has 2 aromatic heterocycles. The lowest BCUT2D eigenvalue weighted by molar-refractivity contribution is 0.0947. The molecule has 0 radical (unpaired) electrons. The minimum Gasteiger partial charge on any atom is -0.492 e. The molecule has 0 fully saturated rings. The first-order valence-electron chi connectivity index (χ1n) is 11.5. The third-order valence-electron chi connectivity index (χ3n) is 5.48. The number of carbonyl (C=O) groups excluding carboxylic acids is 1. The second-order valence-electron chi connectivity index (χ2n) is 8.50. The van der Waals surface area contributed by atoms with Crippen molar-refractivity contribution in [2.75, 3.05) is 32.1 Å². The number of pyridine rings is 1. The zero-order valence-electron chi connectivity index (χ0n) is 20.2. The molecule has 4 aromatic rings. The molecule has 1 N–H and O–H groups in total. The van der Waals surface area contributed by atoms with Crippen LogP contribution in [0.3, 0.4) is 0 Å². The van der Waals surface area contributed by atoms with Gasteiger partial charge in [0.1, 0.15) is 17.9 Å². The summed E-state index contributed by atoms with van der Waals surface area (Å²) in [4.78, 5) is 26.6. The molecule has 4 rings (SSSR count). The lowest BCUT2D eigenvalue weighted by atomic mass is 10.1. The lowest BCUT2D eigenvalue weighted by Gasteiger charge is -2.11. The molecule has 0 saturated carbocycles. The van der Waals surface area contributed by atoms with E-state index in [4.69, 9.17) is 16.3 Å². The first-order valence-corrected chi connectivity index (χ1v) is 11.9. The van der Waals surface area contributed by atoms with Gasteiger partial charge in [0.15, 0.2) is 5.82 Å². The fraction of sp³-hybridized carbons (Fsp3) is 0.222. The van der Waals surface area contributed by atoms with E-state index < -0.39 is 0 Å². The number of halogens is 1. The third-order valence-corrected chi connectivity index (χ3v) is 5.72. The highest BCUT2D eigenvalue weighted by molar-refractivity contribution is 6.30. The van der Waals surface area contributed by atoms with Gasteiger partial charge >= 0.3 is 0 Å². The van der Waals surface area contributed by atoms with Gasteiger partial charge in [0.05, 0.1) is 19.6 Å². The molecule has 0 spiro atoms. The van der Waals surface area contributed by atoms with Gasteiger partial charge in [-0.05, 0) is 35.4 Å². The molecule has 0 aliphatic carbocycles. The molecular formula is C27H28ClN5O3. The number of carbonyl (C=O) groups is 1. The van der Waals surface area contributed by atoms with E-state index in [0.29, 0.717) is 48.4 Å². The SMILES string of the molecule is CN(C)c1nn(Cc2ccc(Cn3ccccc3=O)cc2)cc1C(=O)NCCOc1cccc(Cl)c1. The molecule has 0 bridgehead atoms. The second-order valence-corrected chi connectivity index (χ2v) is 8.94. The molecule has 2 heterocycles. The fourth-order valence-corrected chi connectivity index (χ4v) is 3.87. The number of ether oxygens (including phenoxy) is 1. The summed E-state index contributed by atoms with van der Waals surface area (Å²) in [5.74, 6) is 1.02. The van der Waals surface area contributed by atoms with Gasteiger partial charge < -0.3 is 19.5 Å². The number of hydrogen-bond donors (Lipinski definition) is 1. The number of rotatable bonds is 10. The van der Waals surface area contributed by atoms with Gasteiger partial charge in [0.2, 0.25) is 0 Å². The van der Waals surface area contributed by atoms with Crippen molar-refractivity contribution < 1.29 is 9.53 Å². The minimum absolute atomic E-state index is 0.0313. The van der Waals surface area contributed by atoms with Crippen molar-refractivity contribution >= 4 is 23.3 Å². The number of anilines is 1. The molecular weight excluding hydrogens is 478 g/mol. The summed E-state index contributed by atoms with van der Waals surface area (Å²) in [5.41, 5.74) is 2.52. The van der Waals surface area contributed by atoms with Gasteiger partial charge in [-0.15, -0.1) is 0 Å². The molecule has 8 nitrogen and oxygen atoms in total. The zero-order valence-corrected chi connectivity index (χ0v) is 21.0. The lowest BCUT2D eigenvalue weighted by Crippen LogP contribution is -2.29. The van der Waals surface area contributed by atoms with Gasteiger partial charge in [-0.25, -0.2) is 0 Å². The van der Waals surface area contributed by atoms with E-state index in [1.807, 2.05) is 61.5 Å². The molecule has 9 heteroatoms. The van der Waals surface area contributed by atoms with E-state index in [1.54, 1.807) is 45.9 Å². The number of benzene rings is 2. The molecule has 0 aliphatic heterocycles. The smallest absolute Gasteiger partial charge is 0.256 e. The van der Waals surface area contributed by atoms with Gasteiger partial charge in [-0.2, -0.15) is 5.10 Å². The van der Waals surface area contributed by atoms with Crippen LogP contribution in [-0.2, 0) is 13.1 Å². The number of amides is 1. The minimum atomic E-state index is -0.219. The maximum Gasteiger partial charge on any atom is 0.256 e. The predicted molar refractivity (Wildman–Crippen MR) is 141 cm³/mol. The summed E-state index contributed by atoms with van der Waals surface area (Å²) in [6.45, 7) is 1.68. The van der Waals surface area contributed by atoms with Gasteiger partial charge in [0.25, 0.3) is 11.5 Å². The Morgan fingerprint density at radius 3 is 2.47 bits per heavy atom. The average Bonchev–Trinajstić information content (AvgIpc) is 3.29. The van der Waals surface area contributed by atoms with Crippen molar-refractivity contribution in [1.82, 2.24) is 19.7 Å². The summed E-state index contributed by atoms with van der Waals surface area (Å²) >= 11 is 5.97. The van der Waals surface area contributed by atoms with Crippen LogP contribution >= 0.6 is 11.6 Å². The Balaban J connectivity index is 1.36. The molecule has 2 aromatic carbocycles. The Morgan fingerprint density at radius 1 is 1.03 bits per heavy atom. The molecule has 0 aliphatic rings. The Hall–Kier alpha value is -4.04. The number of nitrogens with zero attached hydrogens (tertiary/aromatic N) is 4. The molecule has 186 valence electrons. The van der Waals surface area contributed by atoms with E-state index in [-0.39, 0.29) is 11.5 Å². The Labute approximate surface area is 214 Å². The molecule has 0 atom stereocenters. The molecule has 0 unspecified atom stereocenters. The summed E-state index contributed by atoms with van der Waals surface area (Å²) in [5, 5.41) is 8.09. The molecule has 1 amide bonds. The first-order chi connectivity index (χ1) is 17.4. The maximum atomic E-state index is 12.9. The van der Waals surface area contributed by atoms with Crippen molar-refractivity contribution in [3.05, 3.63) is 111 Å². The highest BCUT2D eigenvalue weighted by Crippen LogP contribution is 2.18. The van der Waals surface area contributed by atoms with Crippen LogP contribution in [0.1, 0.15) is 21.5 Å². The van der Waals surface area contributed by atoms with E-state index in [1.165, 1.54) is 0 Å². The second kappa shape index (κ2) is 11.6. The van der Waals surface area contributed by atoms with Crippen LogP contribution in [0.4, 0.5) is 5.82 Å². The molecule has 36 heavy (non-hydrogen) atoms. The van der Waals surface area contributed by atoms with Crippen LogP contribution < -0.4 is 20.5 Å². The summed E-state index contributed by atoms with van der Waals surface area (Å²) in [6, 6.07) is 20.3. The quantitative estimate of drug-likeness (QED) is 0.333. The number of nitrogens with one attached hydrogen (secondary N) is 1. The van der Waals surface area contributed by atoms with Gasteiger partial charge in [-0.3, -0.25) is 14.3 Å². The normalized spacial score (nSPS) is 10.8. The van der Waals surface area contributed by atoms with Crippen molar-refractivity contribution in [2.45, 2.75) is 13.1 Å². The van der Waals surface area contributed by atoms with Crippen LogP contribution in [-0.4, -0.2) is 47.5 Å². The predicted octanol–water partition coefficient (Wildman–Crippen LogP) is 3.67. The van der Waals surface area contributed by atoms with Crippen molar-refractivity contribution in [3.8, 4) is 5.75 Å². The Bertz CT molecular complexity index is 1380. The Morgan fingerprint density at radius 2 is 1.78 bits per heavy atom. The van der Waals surface area contributed by atoms with Crippen molar-refractivity contribution in [1.29, 1.82) is 0 Å². The topological polar surface area (TPSA) is 81.4 Å². The average molecular weight is 506 g/mol. The van der Waals surface area contributed by atoms with Crippen LogP contribution in [0, 0.1) is 0 Å². The fourth-order valence-electron chi connectivity index (χ4n) is 3.69. The third kappa shape index (κ3) is 6.55. The Kier molecular flexibility index (Phi) is 8.07. The van der Waals surface area contributed by atoms with Crippen LogP contribution in [0.5, 0.6) is 5.75 Å². The van der Waals surface area contributed by atoms with Gasteiger partial charge in [-0.1, -0.05) is 48.0 Å². The standard InChI is InChI=1S/C27H28ClN5O3/c1-31(2)26-24(27(35)29-13-15-36-23-7-5-6-22(28)16-23)19-33(30-26)18-21-11-9-20(10-12-21)17-32-14-4-3-8-25(32)34/h3-12,14,16,19H,13,15,17-18H2,1-2H3,(H,29,35). The van der Waals surface area contributed by atoms with E-state index in [9.17, 15) is 9.59 Å². The highest BCUT2D eigenvalue weighted by atomic mass is 35.5. The summed E-state index contributed by atoms with van der Waals surface area (Å²) in [7, 11) is 3.71. The number of aromatic nitrogens is 3. The zero-order chi connectivity index (χ0) is 25.5. The highest BCUT2D eigenvalue weighted by Gasteiger charge is 2.18. The first kappa shape index (κ1) is 25.1. The maximum absolute atomic E-state index is 12.9. The summed E-state index contributed by atoms with van der Waals surface area (Å²) in [6.07, 6.45) is 3.53. The van der Waals surface area contributed by atoms with Crippen LogP contribution in [0.15, 0.2) is 83.9 Å². The van der Waals surface area contributed by atoms with Crippen molar-refractivity contribution in [2.24, 2.45) is 0 Å². The van der Waals surface area contributed by atoms with E-state index in [0.717, 1.165) is 11.1 Å². The van der Waals surface area contributed by atoms with E-state index >= 15 is 0 Å². The van der Waals surface area contributed by atoms with E-state index in [2.05, 4.69) is 10.4 Å². The molecule has 0 saturated heterocycles. The van der Waals surface area contributed by atoms with Crippen molar-refractivity contribution in [3.63, 3.8) is 0 Å². The van der Waals surface area contributed by atoms with Crippen LogP contribution in [0.2, 0.25) is 5.02 Å². The van der Waals surface area contributed by atoms with Gasteiger partial charge in [0, 0.05) is 37.6 Å². The monoisotopic (exact) mass is 505 g/mol. The summed E-state index contributed by atoms with van der Waals surface area (Å²) < 4.78 is 9.06. The van der Waals surface area contributed by atoms with Crippen LogP contribution in [0.25, 0.3) is 0 Å². The largest absolute Gasteiger partial charge is 0.492 e.